The summed E-state index contributed by atoms with van der Waals surface area (Å²) in [5.74, 6) is -0.811. The molecule has 9 heteroatoms. The molecule has 0 aliphatic carbocycles. The first-order valence-corrected chi connectivity index (χ1v) is 11.8. The zero-order chi connectivity index (χ0) is 22.6. The van der Waals surface area contributed by atoms with Crippen molar-refractivity contribution in [2.75, 3.05) is 11.9 Å². The number of aryl methyl sites for hydroxylation is 1. The van der Waals surface area contributed by atoms with E-state index >= 15 is 0 Å². The number of carbonyl (C=O) groups is 2. The number of amides is 1. The second-order valence-corrected chi connectivity index (χ2v) is 9.47. The molecule has 162 valence electrons. The Morgan fingerprint density at radius 1 is 1.25 bits per heavy atom. The SMILES string of the molecule is CCOC(=O)C1=C(C)N=c2s/c(=C3\C(=O)Nc4ccc(C)cc43)c(=O)n2[C@@H]1c1cccs1. The third-order valence-corrected chi connectivity index (χ3v) is 7.43. The van der Waals surface area contributed by atoms with Crippen LogP contribution in [0.15, 0.2) is 56.8 Å². The fourth-order valence-corrected chi connectivity index (χ4v) is 6.03. The molecule has 2 aliphatic rings. The molecule has 2 aliphatic heterocycles. The van der Waals surface area contributed by atoms with Crippen molar-refractivity contribution in [2.24, 2.45) is 4.99 Å². The highest BCUT2D eigenvalue weighted by Crippen LogP contribution is 2.34. The lowest BCUT2D eigenvalue weighted by Crippen LogP contribution is -2.40. The minimum atomic E-state index is -0.652. The van der Waals surface area contributed by atoms with Gasteiger partial charge in [0.1, 0.15) is 10.6 Å². The van der Waals surface area contributed by atoms with Gasteiger partial charge in [0, 0.05) is 16.1 Å². The molecule has 3 aromatic rings. The third-order valence-electron chi connectivity index (χ3n) is 5.45. The Hall–Kier alpha value is -3.30. The van der Waals surface area contributed by atoms with E-state index in [-0.39, 0.29) is 18.1 Å². The van der Waals surface area contributed by atoms with E-state index in [9.17, 15) is 14.4 Å². The van der Waals surface area contributed by atoms with Crippen molar-refractivity contribution in [2.45, 2.75) is 26.8 Å². The van der Waals surface area contributed by atoms with Gasteiger partial charge in [0.05, 0.1) is 23.5 Å². The van der Waals surface area contributed by atoms with Gasteiger partial charge in [0.15, 0.2) is 4.80 Å². The van der Waals surface area contributed by atoms with Gasteiger partial charge >= 0.3 is 5.97 Å². The Morgan fingerprint density at radius 3 is 2.78 bits per heavy atom. The van der Waals surface area contributed by atoms with Gasteiger partial charge in [-0.25, -0.2) is 9.79 Å². The Bertz CT molecular complexity index is 1490. The lowest BCUT2D eigenvalue weighted by Gasteiger charge is -2.23. The van der Waals surface area contributed by atoms with Gasteiger partial charge in [-0.3, -0.25) is 14.2 Å². The summed E-state index contributed by atoms with van der Waals surface area (Å²) in [4.78, 5) is 45.2. The lowest BCUT2D eigenvalue weighted by molar-refractivity contribution is -0.139. The molecule has 1 N–H and O–H groups in total. The highest BCUT2D eigenvalue weighted by Gasteiger charge is 2.35. The molecule has 0 spiro atoms. The van der Waals surface area contributed by atoms with Crippen molar-refractivity contribution in [1.29, 1.82) is 0 Å². The largest absolute Gasteiger partial charge is 0.463 e. The van der Waals surface area contributed by atoms with Gasteiger partial charge in [-0.1, -0.05) is 29.0 Å². The second-order valence-electron chi connectivity index (χ2n) is 7.52. The van der Waals surface area contributed by atoms with Crippen LogP contribution >= 0.6 is 22.7 Å². The van der Waals surface area contributed by atoms with Crippen LogP contribution in [-0.2, 0) is 14.3 Å². The number of hydrogen-bond acceptors (Lipinski definition) is 7. The Kier molecular flexibility index (Phi) is 4.94. The first kappa shape index (κ1) is 20.6. The standard InChI is InChI=1S/C23H19N3O4S2/c1-4-30-22(29)16-12(3)24-23-26(18(16)15-6-5-9-31-15)21(28)19(32-23)17-13-10-11(2)7-8-14(13)25-20(17)27/h5-10,18H,4H2,1-3H3,(H,25,27)/b19-17-/t18-/m1/s1. The number of esters is 1. The normalized spacial score (nSPS) is 18.7. The number of thiophene rings is 1. The number of thiazole rings is 1. The third kappa shape index (κ3) is 3.08. The number of fused-ring (bicyclic) bond motifs is 2. The summed E-state index contributed by atoms with van der Waals surface area (Å²) >= 11 is 2.62. The molecule has 5 rings (SSSR count). The fraction of sp³-hybridized carbons (Fsp3) is 0.217. The fourth-order valence-electron chi connectivity index (χ4n) is 4.06. The zero-order valence-electron chi connectivity index (χ0n) is 17.6. The number of hydrogen-bond donors (Lipinski definition) is 1. The molecule has 0 saturated carbocycles. The summed E-state index contributed by atoms with van der Waals surface area (Å²) in [5.41, 5.74) is 3.21. The average Bonchev–Trinajstić information content (AvgIpc) is 3.45. The van der Waals surface area contributed by atoms with E-state index < -0.39 is 12.0 Å². The Labute approximate surface area is 191 Å². The number of benzene rings is 1. The zero-order valence-corrected chi connectivity index (χ0v) is 19.2. The van der Waals surface area contributed by atoms with E-state index in [1.54, 1.807) is 13.8 Å². The van der Waals surface area contributed by atoms with E-state index in [0.29, 0.717) is 37.4 Å². The maximum atomic E-state index is 13.7. The van der Waals surface area contributed by atoms with Crippen molar-refractivity contribution in [3.05, 3.63) is 82.7 Å². The Morgan fingerprint density at radius 2 is 2.06 bits per heavy atom. The van der Waals surface area contributed by atoms with E-state index in [2.05, 4.69) is 10.3 Å². The summed E-state index contributed by atoms with van der Waals surface area (Å²) in [6.45, 7) is 5.64. The van der Waals surface area contributed by atoms with Crippen LogP contribution in [0.4, 0.5) is 5.69 Å². The number of nitrogens with zero attached hydrogens (tertiary/aromatic N) is 2. The molecule has 0 bridgehead atoms. The molecule has 1 amide bonds. The maximum absolute atomic E-state index is 13.7. The quantitative estimate of drug-likeness (QED) is 0.602. The monoisotopic (exact) mass is 465 g/mol. The topological polar surface area (TPSA) is 89.8 Å². The molecule has 4 heterocycles. The summed E-state index contributed by atoms with van der Waals surface area (Å²) < 4.78 is 7.11. The van der Waals surface area contributed by atoms with E-state index in [0.717, 1.165) is 10.4 Å². The van der Waals surface area contributed by atoms with Crippen molar-refractivity contribution in [3.63, 3.8) is 0 Å². The van der Waals surface area contributed by atoms with Crippen LogP contribution in [0.2, 0.25) is 0 Å². The molecule has 0 fully saturated rings. The number of ether oxygens (including phenoxy) is 1. The van der Waals surface area contributed by atoms with E-state index in [1.807, 2.05) is 42.6 Å². The van der Waals surface area contributed by atoms with Gasteiger partial charge in [0.2, 0.25) is 0 Å². The number of aromatic nitrogens is 1. The first-order valence-electron chi connectivity index (χ1n) is 10.1. The highest BCUT2D eigenvalue weighted by atomic mass is 32.1. The molecular formula is C23H19N3O4S2. The molecule has 7 nitrogen and oxygen atoms in total. The van der Waals surface area contributed by atoms with Crippen molar-refractivity contribution in [1.82, 2.24) is 4.57 Å². The van der Waals surface area contributed by atoms with Crippen LogP contribution in [0.25, 0.3) is 5.57 Å². The predicted molar refractivity (Wildman–Crippen MR) is 123 cm³/mol. The molecular weight excluding hydrogens is 446 g/mol. The van der Waals surface area contributed by atoms with Crippen LogP contribution in [-0.4, -0.2) is 23.1 Å². The summed E-state index contributed by atoms with van der Waals surface area (Å²) in [6.07, 6.45) is 0. The van der Waals surface area contributed by atoms with Gasteiger partial charge in [0.25, 0.3) is 11.5 Å². The van der Waals surface area contributed by atoms with Gasteiger partial charge in [-0.15, -0.1) is 11.3 Å². The molecule has 2 aromatic heterocycles. The van der Waals surface area contributed by atoms with Crippen molar-refractivity contribution >= 4 is 45.8 Å². The van der Waals surface area contributed by atoms with Crippen LogP contribution < -0.4 is 20.2 Å². The molecule has 0 radical (unpaired) electrons. The number of allylic oxidation sites excluding steroid dienone is 1. The minimum Gasteiger partial charge on any atom is -0.463 e. The molecule has 32 heavy (non-hydrogen) atoms. The smallest absolute Gasteiger partial charge is 0.338 e. The molecule has 1 aromatic carbocycles. The molecule has 1 atom stereocenters. The number of rotatable bonds is 3. The van der Waals surface area contributed by atoms with Crippen LogP contribution in [0.3, 0.4) is 0 Å². The van der Waals surface area contributed by atoms with Crippen molar-refractivity contribution < 1.29 is 14.3 Å². The van der Waals surface area contributed by atoms with Crippen LogP contribution in [0.5, 0.6) is 0 Å². The summed E-state index contributed by atoms with van der Waals surface area (Å²) in [7, 11) is 0. The Balaban J connectivity index is 1.82. The molecule has 0 saturated heterocycles. The predicted octanol–water partition coefficient (Wildman–Crippen LogP) is 2.49. The minimum absolute atomic E-state index is 0.220. The highest BCUT2D eigenvalue weighted by molar-refractivity contribution is 7.10. The van der Waals surface area contributed by atoms with Gasteiger partial charge < -0.3 is 10.1 Å². The first-order chi connectivity index (χ1) is 15.4. The average molecular weight is 466 g/mol. The van der Waals surface area contributed by atoms with Gasteiger partial charge in [-0.05, 0) is 44.4 Å². The second kappa shape index (κ2) is 7.68. The van der Waals surface area contributed by atoms with Crippen molar-refractivity contribution in [3.8, 4) is 0 Å². The summed E-state index contributed by atoms with van der Waals surface area (Å²) in [6, 6.07) is 8.75. The van der Waals surface area contributed by atoms with Gasteiger partial charge in [-0.2, -0.15) is 0 Å². The number of anilines is 1. The maximum Gasteiger partial charge on any atom is 0.338 e. The summed E-state index contributed by atoms with van der Waals surface area (Å²) in [5, 5.41) is 4.74. The number of carbonyl (C=O) groups excluding carboxylic acids is 2. The van der Waals surface area contributed by atoms with E-state index in [1.165, 1.54) is 27.2 Å². The molecule has 0 unspecified atom stereocenters. The van der Waals surface area contributed by atoms with Crippen LogP contribution in [0.1, 0.15) is 35.9 Å². The van der Waals surface area contributed by atoms with E-state index in [4.69, 9.17) is 4.74 Å². The van der Waals surface area contributed by atoms with Crippen LogP contribution in [0, 0.1) is 6.92 Å². The number of nitrogens with one attached hydrogen (secondary N) is 1. The lowest BCUT2D eigenvalue weighted by atomic mass is 10.0.